The zero-order valence-corrected chi connectivity index (χ0v) is 11.9. The highest BCUT2D eigenvalue weighted by Crippen LogP contribution is 2.25. The van der Waals surface area contributed by atoms with E-state index in [0.29, 0.717) is 16.9 Å². The number of rotatable bonds is 1. The third-order valence-corrected chi connectivity index (χ3v) is 4.64. The van der Waals surface area contributed by atoms with Gasteiger partial charge in [0.1, 0.15) is 15.4 Å². The molecule has 0 saturated heterocycles. The van der Waals surface area contributed by atoms with E-state index in [0.717, 1.165) is 4.99 Å². The fourth-order valence-electron chi connectivity index (χ4n) is 1.93. The van der Waals surface area contributed by atoms with Gasteiger partial charge in [-0.15, -0.1) is 4.47 Å². The van der Waals surface area contributed by atoms with E-state index in [1.165, 1.54) is 21.9 Å². The third kappa shape index (κ3) is 1.82. The summed E-state index contributed by atoms with van der Waals surface area (Å²) >= 11 is 1.25. The third-order valence-electron chi connectivity index (χ3n) is 2.73. The summed E-state index contributed by atoms with van der Waals surface area (Å²) in [6.07, 6.45) is 0. The van der Waals surface area contributed by atoms with Crippen LogP contribution in [-0.4, -0.2) is 42.1 Å². The fraction of sp³-hybridized carbons (Fsp3) is 0.200. The van der Waals surface area contributed by atoms with Crippen molar-refractivity contribution in [3.8, 4) is 0 Å². The van der Waals surface area contributed by atoms with Crippen LogP contribution in [0.5, 0.6) is 0 Å². The van der Waals surface area contributed by atoms with Crippen molar-refractivity contribution < 1.29 is 8.42 Å². The normalized spacial score (nSPS) is 14.6. The molecule has 0 bridgehead atoms. The number of benzene rings is 1. The Hall–Kier alpha value is -1.55. The summed E-state index contributed by atoms with van der Waals surface area (Å²) in [5, 5.41) is 5.24. The second kappa shape index (κ2) is 3.97. The van der Waals surface area contributed by atoms with E-state index in [1.54, 1.807) is 12.1 Å². The van der Waals surface area contributed by atoms with E-state index >= 15 is 0 Å². The number of nitrogens with zero attached hydrogens (tertiary/aromatic N) is 4. The van der Waals surface area contributed by atoms with Crippen LogP contribution in [-0.2, 0) is 21.2 Å². The van der Waals surface area contributed by atoms with Gasteiger partial charge in [-0.05, 0) is 26.2 Å². The van der Waals surface area contributed by atoms with E-state index in [-0.39, 0.29) is 4.90 Å². The van der Waals surface area contributed by atoms with Crippen LogP contribution in [0.15, 0.2) is 27.6 Å². The number of sulfonamides is 1. The van der Waals surface area contributed by atoms with Crippen molar-refractivity contribution >= 4 is 37.2 Å². The second-order valence-electron chi connectivity index (χ2n) is 4.29. The van der Waals surface area contributed by atoms with Crippen LogP contribution < -0.4 is 5.14 Å². The highest BCUT2D eigenvalue weighted by molar-refractivity contribution is 7.89. The largest absolute Gasteiger partial charge is 0.268 e. The molecule has 0 fully saturated rings. The predicted molar refractivity (Wildman–Crippen MR) is 74.1 cm³/mol. The maximum absolute atomic E-state index is 11.6. The molecule has 0 radical (unpaired) electrons. The Kier molecular flexibility index (Phi) is 2.61. The number of hydrogen-bond donors (Lipinski definition) is 1. The van der Waals surface area contributed by atoms with Crippen LogP contribution in [0.4, 0.5) is 0 Å². The monoisotopic (exact) mass is 297 g/mol. The molecule has 0 amide bonds. The molecule has 2 aromatic rings. The molecular weight excluding hydrogens is 286 g/mol. The second-order valence-corrected chi connectivity index (χ2v) is 6.55. The van der Waals surface area contributed by atoms with Crippen molar-refractivity contribution in [2.24, 2.45) is 9.61 Å². The first-order valence-electron chi connectivity index (χ1n) is 5.37. The highest BCUT2D eigenvalue weighted by atomic mass is 32.2. The smallest absolute Gasteiger partial charge is 0.240 e. The first-order valence-corrected chi connectivity index (χ1v) is 7.69. The van der Waals surface area contributed by atoms with E-state index in [1.807, 2.05) is 19.0 Å². The molecule has 3 rings (SSSR count). The summed E-state index contributed by atoms with van der Waals surface area (Å²) in [5.41, 5.74) is 0.981. The van der Waals surface area contributed by atoms with Crippen molar-refractivity contribution in [2.45, 2.75) is 4.90 Å². The number of hydrogen-bond acceptors (Lipinski definition) is 5. The molecule has 0 saturated carbocycles. The van der Waals surface area contributed by atoms with Gasteiger partial charge in [-0.1, -0.05) is 6.07 Å². The van der Waals surface area contributed by atoms with E-state index in [4.69, 9.17) is 5.14 Å². The molecule has 1 aliphatic heterocycles. The molecule has 2 N–H and O–H groups in total. The van der Waals surface area contributed by atoms with Crippen molar-refractivity contribution in [3.05, 3.63) is 24.0 Å². The summed E-state index contributed by atoms with van der Waals surface area (Å²) in [5.74, 6) is 0.626. The Labute approximate surface area is 113 Å². The van der Waals surface area contributed by atoms with Crippen molar-refractivity contribution in [1.29, 1.82) is 0 Å². The molecule has 0 atom stereocenters. The molecule has 2 heterocycles. The molecule has 1 aliphatic rings. The standard InChI is InChI=1S/C10H11N5O2S2/c1-14(2)10-9-12-6-4-3-5-7(19(11,16)17)8(6)15(9)13-18-10/h3-5H,1-2H3,(H2,11,16,17). The van der Waals surface area contributed by atoms with Gasteiger partial charge < -0.3 is 0 Å². The number of aromatic nitrogens is 2. The Morgan fingerprint density at radius 2 is 2.11 bits per heavy atom. The molecule has 9 heteroatoms. The molecule has 0 unspecified atom stereocenters. The summed E-state index contributed by atoms with van der Waals surface area (Å²) in [4.78, 5) is 7.20. The lowest BCUT2D eigenvalue weighted by molar-refractivity contribution is 0.598. The van der Waals surface area contributed by atoms with Crippen LogP contribution >= 0.6 is 0 Å². The topological polar surface area (TPSA) is 93.6 Å². The Bertz CT molecular complexity index is 859. The Balaban J connectivity index is 2.38. The molecule has 0 aliphatic carbocycles. The number of fused-ring (bicyclic) bond motifs is 3. The summed E-state index contributed by atoms with van der Waals surface area (Å²) in [7, 11) is -0.0468. The van der Waals surface area contributed by atoms with Crippen LogP contribution in [0.1, 0.15) is 5.82 Å². The lowest BCUT2D eigenvalue weighted by Gasteiger charge is -2.06. The average Bonchev–Trinajstić information content (AvgIpc) is 2.84. The van der Waals surface area contributed by atoms with Gasteiger partial charge in [-0.2, -0.15) is 4.68 Å². The van der Waals surface area contributed by atoms with Gasteiger partial charge in [-0.3, -0.25) is 4.90 Å². The lowest BCUT2D eigenvalue weighted by Crippen LogP contribution is -2.23. The molecule has 100 valence electrons. The van der Waals surface area contributed by atoms with Gasteiger partial charge in [0.05, 0.1) is 5.52 Å². The Morgan fingerprint density at radius 3 is 2.74 bits per heavy atom. The van der Waals surface area contributed by atoms with Gasteiger partial charge in [0.25, 0.3) is 0 Å². The SMILES string of the molecule is CN(C)C1=S=Nn2c1nc1cccc(S(N)(=O)=O)c12. The van der Waals surface area contributed by atoms with Crippen molar-refractivity contribution in [1.82, 2.24) is 14.6 Å². The minimum absolute atomic E-state index is 0.0353. The maximum atomic E-state index is 11.6. The lowest BCUT2D eigenvalue weighted by atomic mass is 10.3. The molecule has 7 nitrogen and oxygen atoms in total. The van der Waals surface area contributed by atoms with Crippen LogP contribution in [0.3, 0.4) is 0 Å². The number of imidazole rings is 1. The van der Waals surface area contributed by atoms with E-state index < -0.39 is 10.0 Å². The zero-order chi connectivity index (χ0) is 13.8. The van der Waals surface area contributed by atoms with Crippen molar-refractivity contribution in [2.75, 3.05) is 14.1 Å². The summed E-state index contributed by atoms with van der Waals surface area (Å²) in [6, 6.07) is 4.82. The van der Waals surface area contributed by atoms with Gasteiger partial charge in [0.2, 0.25) is 10.0 Å². The molecule has 1 aromatic heterocycles. The van der Waals surface area contributed by atoms with E-state index in [2.05, 4.69) is 9.46 Å². The fourth-order valence-corrected chi connectivity index (χ4v) is 3.35. The molecule has 1 aromatic carbocycles. The molecule has 0 spiro atoms. The summed E-state index contributed by atoms with van der Waals surface area (Å²) in [6.45, 7) is 0. The maximum Gasteiger partial charge on any atom is 0.240 e. The molecule has 19 heavy (non-hydrogen) atoms. The first-order chi connectivity index (χ1) is 8.89. The van der Waals surface area contributed by atoms with Gasteiger partial charge >= 0.3 is 0 Å². The first kappa shape index (κ1) is 12.5. The quantitative estimate of drug-likeness (QED) is 0.736. The van der Waals surface area contributed by atoms with Gasteiger partial charge in [-0.25, -0.2) is 18.5 Å². The van der Waals surface area contributed by atoms with Crippen LogP contribution in [0, 0.1) is 0 Å². The van der Waals surface area contributed by atoms with E-state index in [9.17, 15) is 8.42 Å². The number of primary sulfonamides is 1. The van der Waals surface area contributed by atoms with Gasteiger partial charge in [0, 0.05) is 11.1 Å². The number of nitrogens with two attached hydrogens (primary N) is 1. The summed E-state index contributed by atoms with van der Waals surface area (Å²) < 4.78 is 29.0. The highest BCUT2D eigenvalue weighted by Gasteiger charge is 2.24. The zero-order valence-electron chi connectivity index (χ0n) is 10.2. The predicted octanol–water partition coefficient (Wildman–Crippen LogP) is -0.234. The molecular formula is C10H11N5O2S2. The van der Waals surface area contributed by atoms with Crippen LogP contribution in [0.2, 0.25) is 0 Å². The minimum atomic E-state index is -3.81. The van der Waals surface area contributed by atoms with Crippen LogP contribution in [0.25, 0.3) is 11.0 Å². The average molecular weight is 297 g/mol. The van der Waals surface area contributed by atoms with Crippen molar-refractivity contribution in [3.63, 3.8) is 0 Å². The number of para-hydroxylation sites is 1. The Morgan fingerprint density at radius 1 is 1.37 bits per heavy atom. The minimum Gasteiger partial charge on any atom is -0.268 e. The van der Waals surface area contributed by atoms with Gasteiger partial charge in [0.15, 0.2) is 5.82 Å².